The van der Waals surface area contributed by atoms with Crippen LogP contribution in [0.5, 0.6) is 0 Å². The van der Waals surface area contributed by atoms with Gasteiger partial charge in [-0.05, 0) is 12.8 Å². The van der Waals surface area contributed by atoms with Crippen LogP contribution >= 0.6 is 0 Å². The largest absolute Gasteiger partial charge is 0.322 e. The quantitative estimate of drug-likeness (QED) is 0.785. The minimum Gasteiger partial charge on any atom is -0.322 e. The minimum absolute atomic E-state index is 0.122. The predicted molar refractivity (Wildman–Crippen MR) is 78.1 cm³/mol. The lowest BCUT2D eigenvalue weighted by atomic mass is 10.2. The highest BCUT2D eigenvalue weighted by Crippen LogP contribution is 2.26. The first kappa shape index (κ1) is 18.5. The van der Waals surface area contributed by atoms with Crippen molar-refractivity contribution >= 4 is 21.6 Å². The average Bonchev–Trinajstić information content (AvgIpc) is 2.68. The number of carbonyl (C=O) groups is 1. The van der Waals surface area contributed by atoms with Gasteiger partial charge in [0.1, 0.15) is 0 Å². The summed E-state index contributed by atoms with van der Waals surface area (Å²) in [5.74, 6) is -0.545. The number of halogens is 2. The molecule has 0 fully saturated rings. The van der Waals surface area contributed by atoms with Crippen molar-refractivity contribution in [2.24, 2.45) is 5.92 Å². The van der Waals surface area contributed by atoms with Crippen LogP contribution < -0.4 is 10.0 Å². The first-order chi connectivity index (χ1) is 9.99. The molecule has 1 unspecified atom stereocenters. The summed E-state index contributed by atoms with van der Waals surface area (Å²) in [6.45, 7) is 5.55. The second-order valence-corrected chi connectivity index (χ2v) is 7.23. The zero-order valence-corrected chi connectivity index (χ0v) is 13.6. The highest BCUT2D eigenvalue weighted by molar-refractivity contribution is 7.88. The van der Waals surface area contributed by atoms with E-state index in [0.717, 1.165) is 6.26 Å². The first-order valence-electron chi connectivity index (χ1n) is 6.63. The smallest absolute Gasteiger partial charge is 0.284 e. The Morgan fingerprint density at radius 2 is 1.95 bits per heavy atom. The maximum absolute atomic E-state index is 13.0. The van der Waals surface area contributed by atoms with Crippen LogP contribution in [0.3, 0.4) is 0 Å². The first-order valence-corrected chi connectivity index (χ1v) is 8.52. The van der Waals surface area contributed by atoms with Crippen molar-refractivity contribution in [3.8, 4) is 0 Å². The van der Waals surface area contributed by atoms with Gasteiger partial charge in [0.15, 0.2) is 5.69 Å². The van der Waals surface area contributed by atoms with Crippen LogP contribution in [-0.4, -0.2) is 36.4 Å². The number of hydrogen-bond donors (Lipinski definition) is 2. The maximum Gasteiger partial charge on any atom is 0.284 e. The molecule has 1 heterocycles. The molecule has 126 valence electrons. The van der Waals surface area contributed by atoms with Crippen molar-refractivity contribution in [3.63, 3.8) is 0 Å². The lowest BCUT2D eigenvalue weighted by Crippen LogP contribution is -2.41. The van der Waals surface area contributed by atoms with Gasteiger partial charge in [-0.1, -0.05) is 13.8 Å². The highest BCUT2D eigenvalue weighted by Gasteiger charge is 2.23. The fourth-order valence-corrected chi connectivity index (χ4v) is 2.53. The Kier molecular flexibility index (Phi) is 6.00. The Morgan fingerprint density at radius 3 is 2.41 bits per heavy atom. The Bertz CT molecular complexity index is 628. The molecule has 0 saturated heterocycles. The summed E-state index contributed by atoms with van der Waals surface area (Å²) in [5, 5.41) is 6.03. The van der Waals surface area contributed by atoms with Crippen molar-refractivity contribution in [2.45, 2.75) is 39.8 Å². The van der Waals surface area contributed by atoms with E-state index in [9.17, 15) is 22.0 Å². The molecular weight excluding hydrogens is 318 g/mol. The number of aromatic nitrogens is 2. The minimum atomic E-state index is -3.58. The molecule has 1 rings (SSSR count). The Hall–Kier alpha value is -1.55. The van der Waals surface area contributed by atoms with Crippen molar-refractivity contribution in [2.75, 3.05) is 11.6 Å². The highest BCUT2D eigenvalue weighted by atomic mass is 32.2. The summed E-state index contributed by atoms with van der Waals surface area (Å²) in [4.78, 5) is 11.9. The van der Waals surface area contributed by atoms with Crippen LogP contribution in [0.4, 0.5) is 14.5 Å². The lowest BCUT2D eigenvalue weighted by molar-refractivity contribution is -0.117. The zero-order chi connectivity index (χ0) is 17.1. The van der Waals surface area contributed by atoms with Crippen molar-refractivity contribution in [1.82, 2.24) is 14.5 Å². The summed E-state index contributed by atoms with van der Waals surface area (Å²) in [7, 11) is -3.58. The molecule has 1 atom stereocenters. The van der Waals surface area contributed by atoms with Gasteiger partial charge in [-0.3, -0.25) is 9.48 Å². The van der Waals surface area contributed by atoms with Gasteiger partial charge in [-0.25, -0.2) is 21.9 Å². The Morgan fingerprint density at radius 1 is 1.36 bits per heavy atom. The lowest BCUT2D eigenvalue weighted by Gasteiger charge is -2.12. The number of nitrogens with zero attached hydrogens (tertiary/aromatic N) is 2. The zero-order valence-electron chi connectivity index (χ0n) is 12.8. The molecule has 2 N–H and O–H groups in total. The van der Waals surface area contributed by atoms with Crippen LogP contribution in [0.15, 0.2) is 6.20 Å². The summed E-state index contributed by atoms with van der Waals surface area (Å²) in [6.07, 6.45) is -0.629. The van der Waals surface area contributed by atoms with Gasteiger partial charge in [-0.2, -0.15) is 5.10 Å². The van der Waals surface area contributed by atoms with Crippen LogP contribution in [0.2, 0.25) is 0 Å². The summed E-state index contributed by atoms with van der Waals surface area (Å²) >= 11 is 0. The maximum atomic E-state index is 13.0. The van der Waals surface area contributed by atoms with Gasteiger partial charge in [0, 0.05) is 12.7 Å². The van der Waals surface area contributed by atoms with E-state index < -0.39 is 34.1 Å². The third-order valence-corrected chi connectivity index (χ3v) is 3.37. The number of carbonyl (C=O) groups excluding carboxylic acids is 1. The standard InChI is InChI=1S/C12H20F2N4O3S/c1-7(2)5-18-6-9(10(16-18)11(13)14)15-12(19)8(3)17-22(4,20)21/h6-8,11,17H,5H2,1-4H3,(H,15,19). The number of sulfonamides is 1. The van der Waals surface area contributed by atoms with E-state index in [4.69, 9.17) is 0 Å². The summed E-state index contributed by atoms with van der Waals surface area (Å²) in [6, 6.07) is -1.09. The number of alkyl halides is 2. The van der Waals surface area contributed by atoms with Gasteiger partial charge < -0.3 is 5.32 Å². The summed E-state index contributed by atoms with van der Waals surface area (Å²) in [5.41, 5.74) is -0.664. The van der Waals surface area contributed by atoms with E-state index in [1.54, 1.807) is 0 Å². The Labute approximate surface area is 128 Å². The fraction of sp³-hybridized carbons (Fsp3) is 0.667. The number of anilines is 1. The third-order valence-electron chi connectivity index (χ3n) is 2.59. The van der Waals surface area contributed by atoms with Gasteiger partial charge in [0.25, 0.3) is 6.43 Å². The SMILES string of the molecule is CC(C)Cn1cc(NC(=O)C(C)NS(C)(=O)=O)c(C(F)F)n1. The van der Waals surface area contributed by atoms with E-state index in [2.05, 4.69) is 15.1 Å². The molecule has 22 heavy (non-hydrogen) atoms. The molecule has 0 aromatic carbocycles. The average molecular weight is 338 g/mol. The molecule has 0 aliphatic heterocycles. The van der Waals surface area contributed by atoms with Crippen LogP contribution in [-0.2, 0) is 21.4 Å². The number of rotatable bonds is 7. The molecule has 0 saturated carbocycles. The molecule has 0 bridgehead atoms. The molecule has 0 aliphatic rings. The molecular formula is C12H20F2N4O3S. The van der Waals surface area contributed by atoms with Crippen LogP contribution in [0.25, 0.3) is 0 Å². The molecule has 0 radical (unpaired) electrons. The van der Waals surface area contributed by atoms with Gasteiger partial charge in [0.2, 0.25) is 15.9 Å². The van der Waals surface area contributed by atoms with Crippen molar-refractivity contribution in [1.29, 1.82) is 0 Å². The molecule has 0 spiro atoms. The number of amides is 1. The molecule has 0 aliphatic carbocycles. The van der Waals surface area contributed by atoms with Gasteiger partial charge in [-0.15, -0.1) is 0 Å². The second kappa shape index (κ2) is 7.14. The molecule has 1 aromatic heterocycles. The van der Waals surface area contributed by atoms with E-state index in [-0.39, 0.29) is 11.6 Å². The van der Waals surface area contributed by atoms with Crippen LogP contribution in [0, 0.1) is 5.92 Å². The molecule has 10 heteroatoms. The Balaban J connectivity index is 2.91. The topological polar surface area (TPSA) is 93.1 Å². The number of hydrogen-bond acceptors (Lipinski definition) is 4. The predicted octanol–water partition coefficient (Wildman–Crippen LogP) is 1.35. The van der Waals surface area contributed by atoms with Crippen LogP contribution in [0.1, 0.15) is 32.9 Å². The molecule has 1 amide bonds. The van der Waals surface area contributed by atoms with E-state index in [0.29, 0.717) is 6.54 Å². The van der Waals surface area contributed by atoms with E-state index in [1.165, 1.54) is 17.8 Å². The van der Waals surface area contributed by atoms with Gasteiger partial charge in [0.05, 0.1) is 18.0 Å². The van der Waals surface area contributed by atoms with Crippen molar-refractivity contribution in [3.05, 3.63) is 11.9 Å². The molecule has 1 aromatic rings. The van der Waals surface area contributed by atoms with E-state index >= 15 is 0 Å². The third kappa shape index (κ3) is 5.68. The molecule has 7 nitrogen and oxygen atoms in total. The van der Waals surface area contributed by atoms with E-state index in [1.807, 2.05) is 13.8 Å². The number of nitrogens with one attached hydrogen (secondary N) is 2. The monoisotopic (exact) mass is 338 g/mol. The van der Waals surface area contributed by atoms with Gasteiger partial charge >= 0.3 is 0 Å². The fourth-order valence-electron chi connectivity index (χ4n) is 1.78. The normalized spacial score (nSPS) is 13.6. The van der Waals surface area contributed by atoms with Crippen molar-refractivity contribution < 1.29 is 22.0 Å². The summed E-state index contributed by atoms with van der Waals surface area (Å²) < 4.78 is 51.5. The second-order valence-electron chi connectivity index (χ2n) is 5.45.